The van der Waals surface area contributed by atoms with Crippen molar-refractivity contribution in [2.75, 3.05) is 19.6 Å². The predicted octanol–water partition coefficient (Wildman–Crippen LogP) is 3.02. The van der Waals surface area contributed by atoms with Crippen LogP contribution in [0, 0.1) is 5.92 Å². The van der Waals surface area contributed by atoms with Crippen LogP contribution >= 0.6 is 23.2 Å². The number of imide groups is 1. The van der Waals surface area contributed by atoms with E-state index in [2.05, 4.69) is 12.2 Å². The van der Waals surface area contributed by atoms with Crippen molar-refractivity contribution in [1.82, 2.24) is 15.1 Å². The Morgan fingerprint density at radius 3 is 2.50 bits per heavy atom. The van der Waals surface area contributed by atoms with E-state index in [0.29, 0.717) is 34.6 Å². The summed E-state index contributed by atoms with van der Waals surface area (Å²) in [7, 11) is 0. The van der Waals surface area contributed by atoms with Gasteiger partial charge in [0.15, 0.2) is 0 Å². The summed E-state index contributed by atoms with van der Waals surface area (Å²) in [4.78, 5) is 40.5. The Kier molecular flexibility index (Phi) is 5.17. The van der Waals surface area contributed by atoms with Gasteiger partial charge < -0.3 is 10.2 Å². The van der Waals surface area contributed by atoms with Crippen molar-refractivity contribution in [2.45, 2.75) is 32.2 Å². The molecule has 0 aromatic heterocycles. The molecule has 140 valence electrons. The van der Waals surface area contributed by atoms with Gasteiger partial charge in [0.25, 0.3) is 5.91 Å². The Labute approximate surface area is 162 Å². The standard InChI is InChI=1S/C18H21Cl2N3O3/c1-11-5-7-22(8-6-11)15(24)10-23-16(25)18(2,21-17(23)26)12-3-4-13(19)14(20)9-12/h3-4,9,11H,5-8,10H2,1-2H3,(H,21,26). The number of hydrogen-bond donors (Lipinski definition) is 1. The fraction of sp³-hybridized carbons (Fsp3) is 0.500. The van der Waals surface area contributed by atoms with Gasteiger partial charge in [0.2, 0.25) is 5.91 Å². The molecule has 8 heteroatoms. The molecule has 0 saturated carbocycles. The first kappa shape index (κ1) is 19.0. The van der Waals surface area contributed by atoms with Crippen molar-refractivity contribution in [2.24, 2.45) is 5.92 Å². The second-order valence-electron chi connectivity index (χ2n) is 7.14. The van der Waals surface area contributed by atoms with Gasteiger partial charge in [0, 0.05) is 13.1 Å². The van der Waals surface area contributed by atoms with E-state index in [9.17, 15) is 14.4 Å². The number of likely N-dealkylation sites (tertiary alicyclic amines) is 1. The largest absolute Gasteiger partial charge is 0.341 e. The summed E-state index contributed by atoms with van der Waals surface area (Å²) in [5.41, 5.74) is -0.755. The van der Waals surface area contributed by atoms with E-state index in [0.717, 1.165) is 17.7 Å². The number of hydrogen-bond acceptors (Lipinski definition) is 3. The lowest BCUT2D eigenvalue weighted by Gasteiger charge is -2.31. The first-order valence-electron chi connectivity index (χ1n) is 8.60. The van der Waals surface area contributed by atoms with E-state index in [4.69, 9.17) is 23.2 Å². The minimum absolute atomic E-state index is 0.209. The van der Waals surface area contributed by atoms with Crippen LogP contribution in [0.2, 0.25) is 10.0 Å². The van der Waals surface area contributed by atoms with Gasteiger partial charge in [-0.3, -0.25) is 14.5 Å². The fourth-order valence-corrected chi connectivity index (χ4v) is 3.63. The highest BCUT2D eigenvalue weighted by molar-refractivity contribution is 6.42. The zero-order valence-electron chi connectivity index (χ0n) is 14.7. The van der Waals surface area contributed by atoms with Crippen LogP contribution in [0.3, 0.4) is 0 Å². The smallest absolute Gasteiger partial charge is 0.325 e. The van der Waals surface area contributed by atoms with E-state index in [-0.39, 0.29) is 12.5 Å². The van der Waals surface area contributed by atoms with Crippen molar-refractivity contribution in [3.8, 4) is 0 Å². The van der Waals surface area contributed by atoms with Gasteiger partial charge in [-0.1, -0.05) is 36.2 Å². The SMILES string of the molecule is CC1CCN(C(=O)CN2C(=O)NC(C)(c3ccc(Cl)c(Cl)c3)C2=O)CC1. The number of carbonyl (C=O) groups excluding carboxylic acids is 3. The minimum Gasteiger partial charge on any atom is -0.341 e. The topological polar surface area (TPSA) is 69.7 Å². The molecule has 2 fully saturated rings. The summed E-state index contributed by atoms with van der Waals surface area (Å²) in [5, 5.41) is 3.33. The lowest BCUT2D eigenvalue weighted by molar-refractivity contribution is -0.139. The van der Waals surface area contributed by atoms with Gasteiger partial charge in [0.05, 0.1) is 10.0 Å². The molecule has 1 atom stereocenters. The molecule has 2 saturated heterocycles. The quantitative estimate of drug-likeness (QED) is 0.796. The highest BCUT2D eigenvalue weighted by atomic mass is 35.5. The van der Waals surface area contributed by atoms with Crippen LogP contribution in [0.5, 0.6) is 0 Å². The minimum atomic E-state index is -1.28. The van der Waals surface area contributed by atoms with Gasteiger partial charge >= 0.3 is 6.03 Å². The van der Waals surface area contributed by atoms with Crippen LogP contribution in [0.1, 0.15) is 32.3 Å². The molecule has 3 rings (SSSR count). The van der Waals surface area contributed by atoms with Crippen molar-refractivity contribution < 1.29 is 14.4 Å². The summed E-state index contributed by atoms with van der Waals surface area (Å²) in [5.74, 6) is -0.0906. The lowest BCUT2D eigenvalue weighted by atomic mass is 9.92. The second kappa shape index (κ2) is 7.08. The van der Waals surface area contributed by atoms with Crippen LogP contribution in [-0.4, -0.2) is 47.3 Å². The van der Waals surface area contributed by atoms with Crippen LogP contribution in [0.25, 0.3) is 0 Å². The first-order chi connectivity index (χ1) is 12.2. The Morgan fingerprint density at radius 2 is 1.88 bits per heavy atom. The average Bonchev–Trinajstić information content (AvgIpc) is 2.82. The van der Waals surface area contributed by atoms with E-state index < -0.39 is 17.5 Å². The number of halogens is 2. The third-order valence-corrected chi connectivity index (χ3v) is 5.94. The Bertz CT molecular complexity index is 762. The van der Waals surface area contributed by atoms with Crippen LogP contribution in [0.15, 0.2) is 18.2 Å². The van der Waals surface area contributed by atoms with Crippen molar-refractivity contribution in [3.63, 3.8) is 0 Å². The molecular weight excluding hydrogens is 377 g/mol. The van der Waals surface area contributed by atoms with E-state index in [1.54, 1.807) is 30.0 Å². The summed E-state index contributed by atoms with van der Waals surface area (Å²) in [6, 6.07) is 4.19. The van der Waals surface area contributed by atoms with Gasteiger partial charge in [0.1, 0.15) is 12.1 Å². The molecule has 1 aromatic carbocycles. The molecule has 4 amide bonds. The van der Waals surface area contributed by atoms with Gasteiger partial charge in [-0.25, -0.2) is 4.79 Å². The predicted molar refractivity (Wildman–Crippen MR) is 99.0 cm³/mol. The number of amides is 4. The number of carbonyl (C=O) groups is 3. The third kappa shape index (κ3) is 3.40. The summed E-state index contributed by atoms with van der Waals surface area (Å²) < 4.78 is 0. The number of benzene rings is 1. The number of nitrogens with zero attached hydrogens (tertiary/aromatic N) is 2. The maximum absolute atomic E-state index is 12.9. The zero-order chi connectivity index (χ0) is 19.1. The molecule has 0 aliphatic carbocycles. The number of rotatable bonds is 3. The molecule has 26 heavy (non-hydrogen) atoms. The number of piperidine rings is 1. The van der Waals surface area contributed by atoms with E-state index >= 15 is 0 Å². The van der Waals surface area contributed by atoms with Crippen molar-refractivity contribution in [1.29, 1.82) is 0 Å². The van der Waals surface area contributed by atoms with E-state index in [1.165, 1.54) is 0 Å². The second-order valence-corrected chi connectivity index (χ2v) is 7.95. The summed E-state index contributed by atoms with van der Waals surface area (Å²) in [6.45, 7) is 4.82. The van der Waals surface area contributed by atoms with Crippen molar-refractivity contribution >= 4 is 41.0 Å². The maximum atomic E-state index is 12.9. The fourth-order valence-electron chi connectivity index (χ4n) is 3.34. The molecule has 6 nitrogen and oxygen atoms in total. The monoisotopic (exact) mass is 397 g/mol. The highest BCUT2D eigenvalue weighted by Crippen LogP contribution is 2.33. The highest BCUT2D eigenvalue weighted by Gasteiger charge is 2.49. The van der Waals surface area contributed by atoms with Crippen molar-refractivity contribution in [3.05, 3.63) is 33.8 Å². The molecule has 2 heterocycles. The van der Waals surface area contributed by atoms with Crippen LogP contribution < -0.4 is 5.32 Å². The molecule has 1 N–H and O–H groups in total. The molecule has 0 radical (unpaired) electrons. The Balaban J connectivity index is 1.76. The average molecular weight is 398 g/mol. The molecule has 0 spiro atoms. The van der Waals surface area contributed by atoms with Crippen LogP contribution in [0.4, 0.5) is 4.79 Å². The number of urea groups is 1. The lowest BCUT2D eigenvalue weighted by Crippen LogP contribution is -2.46. The zero-order valence-corrected chi connectivity index (χ0v) is 16.2. The summed E-state index contributed by atoms with van der Waals surface area (Å²) >= 11 is 12.0. The summed E-state index contributed by atoms with van der Waals surface area (Å²) in [6.07, 6.45) is 1.87. The van der Waals surface area contributed by atoms with Gasteiger partial charge in [-0.15, -0.1) is 0 Å². The molecular formula is C18H21Cl2N3O3. The molecule has 1 aromatic rings. The Morgan fingerprint density at radius 1 is 1.23 bits per heavy atom. The van der Waals surface area contributed by atoms with E-state index in [1.807, 2.05) is 0 Å². The molecule has 0 bridgehead atoms. The molecule has 1 unspecified atom stereocenters. The Hall–Kier alpha value is -1.79. The van der Waals surface area contributed by atoms with Gasteiger partial charge in [-0.2, -0.15) is 0 Å². The van der Waals surface area contributed by atoms with Gasteiger partial charge in [-0.05, 0) is 43.4 Å². The third-order valence-electron chi connectivity index (χ3n) is 5.20. The van der Waals surface area contributed by atoms with Crippen LogP contribution in [-0.2, 0) is 15.1 Å². The normalized spacial score (nSPS) is 24.2. The molecule has 2 aliphatic rings. The first-order valence-corrected chi connectivity index (χ1v) is 9.35. The number of nitrogens with one attached hydrogen (secondary N) is 1. The maximum Gasteiger partial charge on any atom is 0.325 e. The molecule has 2 aliphatic heterocycles.